The average Bonchev–Trinajstić information content (AvgIpc) is 3.32. The molecule has 0 bridgehead atoms. The second-order valence-corrected chi connectivity index (χ2v) is 9.10. The predicted molar refractivity (Wildman–Crippen MR) is 133 cm³/mol. The molecule has 1 aromatic heterocycles. The van der Waals surface area contributed by atoms with Crippen LogP contribution in [-0.2, 0) is 0 Å². The van der Waals surface area contributed by atoms with E-state index in [2.05, 4.69) is 52.0 Å². The Morgan fingerprint density at radius 3 is 2.38 bits per heavy atom. The third-order valence-corrected chi connectivity index (χ3v) is 6.68. The number of rotatable bonds is 5. The number of hydrogen-bond acceptors (Lipinski definition) is 5. The maximum absolute atomic E-state index is 13.7. The molecule has 0 unspecified atom stereocenters. The predicted octanol–water partition coefficient (Wildman–Crippen LogP) is 6.06. The molecule has 2 heterocycles. The second-order valence-electron chi connectivity index (χ2n) is 8.69. The molecule has 5 nitrogen and oxygen atoms in total. The van der Waals surface area contributed by atoms with E-state index in [1.165, 1.54) is 28.9 Å². The van der Waals surface area contributed by atoms with Gasteiger partial charge in [-0.25, -0.2) is 4.39 Å². The number of halogens is 2. The zero-order chi connectivity index (χ0) is 23.7. The van der Waals surface area contributed by atoms with Gasteiger partial charge >= 0.3 is 0 Å². The van der Waals surface area contributed by atoms with Gasteiger partial charge in [0, 0.05) is 31.9 Å². The highest BCUT2D eigenvalue weighted by Crippen LogP contribution is 2.33. The van der Waals surface area contributed by atoms with Crippen LogP contribution in [0.15, 0.2) is 71.1 Å². The Balaban J connectivity index is 1.43. The fourth-order valence-electron chi connectivity index (χ4n) is 4.52. The highest BCUT2D eigenvalue weighted by molar-refractivity contribution is 6.33. The van der Waals surface area contributed by atoms with Gasteiger partial charge in [-0.05, 0) is 60.9 Å². The minimum atomic E-state index is -0.274. The molecule has 5 rings (SSSR count). The number of piperazine rings is 1. The average molecular weight is 477 g/mol. The number of benzene rings is 3. The van der Waals surface area contributed by atoms with Gasteiger partial charge in [0.25, 0.3) is 0 Å². The largest absolute Gasteiger partial charge is 0.419 e. The quantitative estimate of drug-likeness (QED) is 0.350. The van der Waals surface area contributed by atoms with E-state index in [1.54, 1.807) is 18.2 Å². The lowest BCUT2D eigenvalue weighted by Crippen LogP contribution is -2.48. The fraction of sp³-hybridized carbons (Fsp3) is 0.259. The number of anilines is 1. The van der Waals surface area contributed by atoms with Crippen LogP contribution in [-0.4, -0.2) is 41.3 Å². The topological polar surface area (TPSA) is 45.4 Å². The summed E-state index contributed by atoms with van der Waals surface area (Å²) >= 11 is 6.34. The lowest BCUT2D eigenvalue weighted by atomic mass is 10.0. The van der Waals surface area contributed by atoms with E-state index in [9.17, 15) is 4.39 Å². The van der Waals surface area contributed by atoms with Crippen LogP contribution in [0.5, 0.6) is 0 Å². The highest BCUT2D eigenvalue weighted by atomic mass is 35.5. The van der Waals surface area contributed by atoms with Crippen LogP contribution in [0.2, 0.25) is 5.02 Å². The van der Waals surface area contributed by atoms with Crippen LogP contribution in [0, 0.1) is 19.7 Å². The first-order valence-corrected chi connectivity index (χ1v) is 11.8. The first-order valence-electron chi connectivity index (χ1n) is 11.4. The lowest BCUT2D eigenvalue weighted by molar-refractivity contribution is 0.188. The molecule has 1 fully saturated rings. The molecule has 7 heteroatoms. The second kappa shape index (κ2) is 9.57. The van der Waals surface area contributed by atoms with E-state index in [0.29, 0.717) is 22.4 Å². The molecule has 0 radical (unpaired) electrons. The number of aryl methyl sites for hydroxylation is 2. The Morgan fingerprint density at radius 2 is 1.65 bits per heavy atom. The van der Waals surface area contributed by atoms with Gasteiger partial charge < -0.3 is 9.32 Å². The van der Waals surface area contributed by atoms with E-state index in [-0.39, 0.29) is 11.9 Å². The number of nitrogens with zero attached hydrogens (tertiary/aromatic N) is 4. The number of aromatic nitrogens is 2. The Hall–Kier alpha value is -3.22. The Bertz CT molecular complexity index is 1280. The van der Waals surface area contributed by atoms with Gasteiger partial charge in [0.15, 0.2) is 0 Å². The monoisotopic (exact) mass is 476 g/mol. The molecule has 4 aromatic rings. The van der Waals surface area contributed by atoms with Crippen molar-refractivity contribution in [2.45, 2.75) is 19.9 Å². The molecule has 1 saturated heterocycles. The van der Waals surface area contributed by atoms with Crippen molar-refractivity contribution in [2.24, 2.45) is 0 Å². The molecule has 34 heavy (non-hydrogen) atoms. The van der Waals surface area contributed by atoms with Gasteiger partial charge in [0.1, 0.15) is 11.9 Å². The van der Waals surface area contributed by atoms with Crippen LogP contribution in [0.4, 0.5) is 10.1 Å². The van der Waals surface area contributed by atoms with Crippen LogP contribution in [0.25, 0.3) is 11.5 Å². The molecule has 174 valence electrons. The van der Waals surface area contributed by atoms with Crippen molar-refractivity contribution in [1.29, 1.82) is 0 Å². The molecule has 0 spiro atoms. The molecule has 0 N–H and O–H groups in total. The molecule has 1 aliphatic heterocycles. The van der Waals surface area contributed by atoms with E-state index >= 15 is 0 Å². The van der Waals surface area contributed by atoms with Crippen LogP contribution >= 0.6 is 11.6 Å². The van der Waals surface area contributed by atoms with Gasteiger partial charge in [-0.15, -0.1) is 10.2 Å². The Morgan fingerprint density at radius 1 is 0.912 bits per heavy atom. The van der Waals surface area contributed by atoms with E-state index in [4.69, 9.17) is 16.0 Å². The normalized spacial score (nSPS) is 15.5. The van der Waals surface area contributed by atoms with Gasteiger partial charge in [-0.3, -0.25) is 4.90 Å². The van der Waals surface area contributed by atoms with Crippen molar-refractivity contribution < 1.29 is 8.81 Å². The summed E-state index contributed by atoms with van der Waals surface area (Å²) in [5.74, 6) is 0.577. The van der Waals surface area contributed by atoms with Crippen molar-refractivity contribution in [1.82, 2.24) is 15.1 Å². The number of hydrogen-bond donors (Lipinski definition) is 0. The maximum Gasteiger partial charge on any atom is 0.249 e. The molecule has 3 aromatic carbocycles. The van der Waals surface area contributed by atoms with Crippen LogP contribution < -0.4 is 4.90 Å². The first-order chi connectivity index (χ1) is 16.5. The smallest absolute Gasteiger partial charge is 0.249 e. The molecule has 0 amide bonds. The van der Waals surface area contributed by atoms with Crippen molar-refractivity contribution in [3.63, 3.8) is 0 Å². The third kappa shape index (κ3) is 4.56. The third-order valence-electron chi connectivity index (χ3n) is 6.35. The summed E-state index contributed by atoms with van der Waals surface area (Å²) in [6.07, 6.45) is 0. The highest BCUT2D eigenvalue weighted by Gasteiger charge is 2.31. The standard InChI is InChI=1S/C27H26ClFN4O/c1-18-7-8-19(2)24(17-18)32-13-15-33(16-14-32)25(20-9-11-21(29)12-10-20)27-31-30-26(34-27)22-5-3-4-6-23(22)28/h3-12,17,25H,13-16H2,1-2H3/t25-/m1/s1. The summed E-state index contributed by atoms with van der Waals surface area (Å²) in [5, 5.41) is 9.22. The van der Waals surface area contributed by atoms with Gasteiger partial charge in [0.05, 0.1) is 10.6 Å². The maximum atomic E-state index is 13.7. The van der Waals surface area contributed by atoms with Crippen molar-refractivity contribution in [2.75, 3.05) is 31.1 Å². The van der Waals surface area contributed by atoms with Crippen LogP contribution in [0.3, 0.4) is 0 Å². The molecular formula is C27H26ClFN4O. The van der Waals surface area contributed by atoms with Crippen molar-refractivity contribution in [3.8, 4) is 11.5 Å². The van der Waals surface area contributed by atoms with Crippen molar-refractivity contribution in [3.05, 3.63) is 100 Å². The summed E-state index contributed by atoms with van der Waals surface area (Å²) < 4.78 is 19.8. The van der Waals surface area contributed by atoms with Crippen molar-refractivity contribution >= 4 is 17.3 Å². The Kier molecular flexibility index (Phi) is 6.35. The summed E-state index contributed by atoms with van der Waals surface area (Å²) in [5.41, 5.74) is 5.41. The Labute approximate surface area is 203 Å². The SMILES string of the molecule is Cc1ccc(C)c(N2CCN([C@H](c3ccc(F)cc3)c3nnc(-c4ccccc4Cl)o3)CC2)c1. The molecule has 1 atom stereocenters. The van der Waals surface area contributed by atoms with Gasteiger partial charge in [-0.1, -0.05) is 48.0 Å². The minimum Gasteiger partial charge on any atom is -0.419 e. The lowest BCUT2D eigenvalue weighted by Gasteiger charge is -2.39. The zero-order valence-electron chi connectivity index (χ0n) is 19.2. The summed E-state index contributed by atoms with van der Waals surface area (Å²) in [4.78, 5) is 4.74. The zero-order valence-corrected chi connectivity index (χ0v) is 20.0. The molecule has 0 saturated carbocycles. The first kappa shape index (κ1) is 22.6. The van der Waals surface area contributed by atoms with E-state index in [0.717, 1.165) is 31.7 Å². The van der Waals surface area contributed by atoms with Crippen LogP contribution in [0.1, 0.15) is 28.6 Å². The molecular weight excluding hydrogens is 451 g/mol. The van der Waals surface area contributed by atoms with Gasteiger partial charge in [-0.2, -0.15) is 0 Å². The minimum absolute atomic E-state index is 0.273. The van der Waals surface area contributed by atoms with E-state index in [1.807, 2.05) is 18.2 Å². The summed E-state index contributed by atoms with van der Waals surface area (Å²) in [6.45, 7) is 7.62. The summed E-state index contributed by atoms with van der Waals surface area (Å²) in [7, 11) is 0. The summed E-state index contributed by atoms with van der Waals surface area (Å²) in [6, 6.07) is 20.2. The molecule has 0 aliphatic carbocycles. The van der Waals surface area contributed by atoms with E-state index < -0.39 is 0 Å². The fourth-order valence-corrected chi connectivity index (χ4v) is 4.74. The molecule has 1 aliphatic rings. The van der Waals surface area contributed by atoms with Gasteiger partial charge in [0.2, 0.25) is 11.8 Å².